The van der Waals surface area contributed by atoms with Gasteiger partial charge < -0.3 is 4.90 Å². The molecule has 3 atom stereocenters. The maximum Gasteiger partial charge on any atom is 0.0170 e. The molecular formula is C20H23N. The first-order valence-corrected chi connectivity index (χ1v) is 8.09. The van der Waals surface area contributed by atoms with Gasteiger partial charge in [-0.25, -0.2) is 0 Å². The van der Waals surface area contributed by atoms with E-state index in [1.54, 1.807) is 11.1 Å². The smallest absolute Gasteiger partial charge is 0.0170 e. The van der Waals surface area contributed by atoms with Crippen molar-refractivity contribution < 1.29 is 0 Å². The number of rotatable bonds is 1. The van der Waals surface area contributed by atoms with Crippen molar-refractivity contribution in [3.63, 3.8) is 0 Å². The molecule has 0 radical (unpaired) electrons. The highest BCUT2D eigenvalue weighted by atomic mass is 15.2. The lowest BCUT2D eigenvalue weighted by atomic mass is 9.71. The van der Waals surface area contributed by atoms with Crippen molar-refractivity contribution in [2.24, 2.45) is 0 Å². The first-order chi connectivity index (χ1) is 10.2. The van der Waals surface area contributed by atoms with Gasteiger partial charge in [-0.15, -0.1) is 0 Å². The third-order valence-electron chi connectivity index (χ3n) is 5.52. The van der Waals surface area contributed by atoms with E-state index in [1.165, 1.54) is 30.5 Å². The molecular weight excluding hydrogens is 254 g/mol. The molecule has 21 heavy (non-hydrogen) atoms. The highest BCUT2D eigenvalue weighted by molar-refractivity contribution is 5.44. The van der Waals surface area contributed by atoms with E-state index >= 15 is 0 Å². The maximum absolute atomic E-state index is 2.57. The molecule has 1 heteroatoms. The van der Waals surface area contributed by atoms with E-state index in [4.69, 9.17) is 0 Å². The Morgan fingerprint density at radius 1 is 1.00 bits per heavy atom. The molecule has 1 heterocycles. The van der Waals surface area contributed by atoms with Crippen LogP contribution in [0.1, 0.15) is 46.9 Å². The van der Waals surface area contributed by atoms with E-state index in [9.17, 15) is 0 Å². The number of hydrogen-bond donors (Lipinski definition) is 0. The minimum absolute atomic E-state index is 0.558. The zero-order chi connectivity index (χ0) is 14.4. The summed E-state index contributed by atoms with van der Waals surface area (Å²) in [4.78, 5) is 2.57. The maximum atomic E-state index is 2.57. The number of benzene rings is 2. The first-order valence-electron chi connectivity index (χ1n) is 8.09. The molecule has 0 aromatic heterocycles. The van der Waals surface area contributed by atoms with Gasteiger partial charge in [0, 0.05) is 17.9 Å². The highest BCUT2D eigenvalue weighted by Gasteiger charge is 2.40. The van der Waals surface area contributed by atoms with Gasteiger partial charge in [-0.3, -0.25) is 0 Å². The molecule has 108 valence electrons. The quantitative estimate of drug-likeness (QED) is 0.750. The Morgan fingerprint density at radius 3 is 2.62 bits per heavy atom. The lowest BCUT2D eigenvalue weighted by Crippen LogP contribution is -2.34. The average Bonchev–Trinajstić information content (AvgIpc) is 2.88. The summed E-state index contributed by atoms with van der Waals surface area (Å²) < 4.78 is 0. The Bertz CT molecular complexity index is 660. The summed E-state index contributed by atoms with van der Waals surface area (Å²) in [6.07, 6.45) is 2.58. The third kappa shape index (κ3) is 2.11. The number of nitrogens with zero attached hydrogens (tertiary/aromatic N) is 1. The van der Waals surface area contributed by atoms with Crippen LogP contribution in [-0.4, -0.2) is 24.5 Å². The van der Waals surface area contributed by atoms with Crippen LogP contribution in [-0.2, 0) is 0 Å². The second-order valence-electron chi connectivity index (χ2n) is 6.77. The van der Waals surface area contributed by atoms with Gasteiger partial charge in [0.15, 0.2) is 0 Å². The molecule has 1 saturated heterocycles. The molecule has 4 rings (SSSR count). The van der Waals surface area contributed by atoms with Crippen LogP contribution < -0.4 is 0 Å². The lowest BCUT2D eigenvalue weighted by molar-refractivity contribution is 0.265. The molecule has 0 N–H and O–H groups in total. The van der Waals surface area contributed by atoms with Gasteiger partial charge in [0.1, 0.15) is 0 Å². The minimum atomic E-state index is 0.558. The van der Waals surface area contributed by atoms with Crippen LogP contribution >= 0.6 is 0 Å². The van der Waals surface area contributed by atoms with Crippen molar-refractivity contribution in [3.8, 4) is 0 Å². The van der Waals surface area contributed by atoms with Crippen LogP contribution in [0.25, 0.3) is 0 Å². The zero-order valence-electron chi connectivity index (χ0n) is 12.9. The van der Waals surface area contributed by atoms with Crippen LogP contribution in [0.4, 0.5) is 0 Å². The summed E-state index contributed by atoms with van der Waals surface area (Å²) >= 11 is 0. The largest absolute Gasteiger partial charge is 0.303 e. The fraction of sp³-hybridized carbons (Fsp3) is 0.400. The Morgan fingerprint density at radius 2 is 1.81 bits per heavy atom. The predicted octanol–water partition coefficient (Wildman–Crippen LogP) is 4.32. The monoisotopic (exact) mass is 277 g/mol. The van der Waals surface area contributed by atoms with Gasteiger partial charge in [0.05, 0.1) is 0 Å². The molecule has 0 amide bonds. The van der Waals surface area contributed by atoms with Gasteiger partial charge in [0.2, 0.25) is 0 Å². The van der Waals surface area contributed by atoms with Crippen LogP contribution in [0.15, 0.2) is 48.5 Å². The van der Waals surface area contributed by atoms with Gasteiger partial charge >= 0.3 is 0 Å². The molecule has 0 bridgehead atoms. The van der Waals surface area contributed by atoms with E-state index < -0.39 is 0 Å². The molecule has 2 aromatic rings. The van der Waals surface area contributed by atoms with E-state index in [1.807, 2.05) is 0 Å². The number of likely N-dealkylation sites (N-methyl/N-ethyl adjacent to an activating group) is 1. The summed E-state index contributed by atoms with van der Waals surface area (Å²) in [6.45, 7) is 3.44. The summed E-state index contributed by atoms with van der Waals surface area (Å²) in [6, 6.07) is 18.9. The summed E-state index contributed by atoms with van der Waals surface area (Å²) in [5.41, 5.74) is 6.03. The van der Waals surface area contributed by atoms with Gasteiger partial charge in [-0.2, -0.15) is 0 Å². The van der Waals surface area contributed by atoms with Crippen LogP contribution in [0.5, 0.6) is 0 Å². The number of hydrogen-bond acceptors (Lipinski definition) is 1. The van der Waals surface area contributed by atoms with Gasteiger partial charge in [0.25, 0.3) is 0 Å². The standard InChI is InChI=1S/C20H23N/c1-14-6-5-7-15(12-14)19-13-20-18(10-11-21(20)2)16-8-3-4-9-17(16)19/h3-9,12,18-20H,10-11,13H2,1-2H3/t18-,19+,20+/m1/s1. The number of likely N-dealkylation sites (tertiary alicyclic amines) is 1. The Balaban J connectivity index is 1.83. The summed E-state index contributed by atoms with van der Waals surface area (Å²) in [7, 11) is 2.30. The molecule has 1 fully saturated rings. The van der Waals surface area contributed by atoms with Crippen molar-refractivity contribution in [1.82, 2.24) is 4.90 Å². The fourth-order valence-electron chi connectivity index (χ4n) is 4.45. The van der Waals surface area contributed by atoms with Crippen molar-refractivity contribution in [1.29, 1.82) is 0 Å². The molecule has 1 aliphatic heterocycles. The normalized spacial score (nSPS) is 28.2. The first kappa shape index (κ1) is 13.1. The Labute approximate surface area is 127 Å². The summed E-state index contributed by atoms with van der Waals surface area (Å²) in [5.74, 6) is 1.30. The average molecular weight is 277 g/mol. The molecule has 0 saturated carbocycles. The molecule has 2 aliphatic rings. The van der Waals surface area contributed by atoms with Crippen LogP contribution in [0.3, 0.4) is 0 Å². The van der Waals surface area contributed by atoms with Gasteiger partial charge in [-0.1, -0.05) is 54.1 Å². The SMILES string of the molecule is Cc1cccc([C@@H]2C[C@H]3[C@H](CCN3C)c3ccccc32)c1. The van der Waals surface area contributed by atoms with E-state index in [2.05, 4.69) is 67.4 Å². The van der Waals surface area contributed by atoms with Crippen molar-refractivity contribution in [3.05, 3.63) is 70.8 Å². The van der Waals surface area contributed by atoms with Crippen LogP contribution in [0, 0.1) is 6.92 Å². The fourth-order valence-corrected chi connectivity index (χ4v) is 4.45. The number of fused-ring (bicyclic) bond motifs is 3. The van der Waals surface area contributed by atoms with Gasteiger partial charge in [-0.05, 0) is 50.0 Å². The van der Waals surface area contributed by atoms with Crippen molar-refractivity contribution in [2.45, 2.75) is 37.6 Å². The third-order valence-corrected chi connectivity index (χ3v) is 5.52. The Kier molecular flexibility index (Phi) is 3.11. The molecule has 1 nitrogen and oxygen atoms in total. The molecule has 1 aliphatic carbocycles. The Hall–Kier alpha value is -1.60. The lowest BCUT2D eigenvalue weighted by Gasteiger charge is -2.37. The van der Waals surface area contributed by atoms with E-state index in [0.29, 0.717) is 12.0 Å². The summed E-state index contributed by atoms with van der Waals surface area (Å²) in [5, 5.41) is 0. The zero-order valence-corrected chi connectivity index (χ0v) is 12.9. The highest BCUT2D eigenvalue weighted by Crippen LogP contribution is 2.47. The van der Waals surface area contributed by atoms with Crippen molar-refractivity contribution in [2.75, 3.05) is 13.6 Å². The second kappa shape index (κ2) is 4.99. The number of aryl methyl sites for hydroxylation is 1. The molecule has 0 unspecified atom stereocenters. The van der Waals surface area contributed by atoms with E-state index in [0.717, 1.165) is 5.92 Å². The second-order valence-corrected chi connectivity index (χ2v) is 6.77. The minimum Gasteiger partial charge on any atom is -0.303 e. The van der Waals surface area contributed by atoms with Crippen LogP contribution in [0.2, 0.25) is 0 Å². The molecule has 2 aromatic carbocycles. The van der Waals surface area contributed by atoms with Crippen molar-refractivity contribution >= 4 is 0 Å². The predicted molar refractivity (Wildman–Crippen MR) is 87.9 cm³/mol. The topological polar surface area (TPSA) is 3.24 Å². The molecule has 0 spiro atoms. The van der Waals surface area contributed by atoms with E-state index in [-0.39, 0.29) is 0 Å².